The van der Waals surface area contributed by atoms with E-state index in [4.69, 9.17) is 24.9 Å². The average Bonchev–Trinajstić information content (AvgIpc) is 3.66. The van der Waals surface area contributed by atoms with Gasteiger partial charge >= 0.3 is 0 Å². The standard InChI is InChI=1S/C64H45N5/c1-64(2)56-27-13-12-26-54(56)55-40-53(36-37-57(55)64)63-68-61(47-20-10-5-11-21-47)67-62(69-63)52-25-15-23-50(39-52)49-22-14-24-51(38-49)59-41-58(46-32-28-44(29-33-46)42-16-6-3-7-17-42)65-60(66-59)48-34-30-45(31-35-48)43-18-8-4-9-19-43/h3-41H,1-2H3. The lowest BCUT2D eigenvalue weighted by atomic mass is 9.82. The van der Waals surface area contributed by atoms with E-state index in [2.05, 4.69) is 220 Å². The third-order valence-electron chi connectivity index (χ3n) is 13.4. The van der Waals surface area contributed by atoms with Crippen LogP contribution in [0.2, 0.25) is 0 Å². The third-order valence-corrected chi connectivity index (χ3v) is 13.4. The molecular formula is C64H45N5. The number of rotatable bonds is 9. The summed E-state index contributed by atoms with van der Waals surface area (Å²) < 4.78 is 0. The van der Waals surface area contributed by atoms with Gasteiger partial charge in [0.05, 0.1) is 11.4 Å². The minimum absolute atomic E-state index is 0.0934. The highest BCUT2D eigenvalue weighted by atomic mass is 15.0. The molecule has 9 aromatic carbocycles. The fourth-order valence-corrected chi connectivity index (χ4v) is 9.68. The summed E-state index contributed by atoms with van der Waals surface area (Å²) in [6, 6.07) is 82.7. The van der Waals surface area contributed by atoms with Gasteiger partial charge in [0.15, 0.2) is 23.3 Å². The Morgan fingerprint density at radius 1 is 0.232 bits per heavy atom. The zero-order valence-corrected chi connectivity index (χ0v) is 38.3. The maximum absolute atomic E-state index is 5.25. The van der Waals surface area contributed by atoms with E-state index < -0.39 is 0 Å². The Kier molecular flexibility index (Phi) is 10.4. The molecule has 0 fully saturated rings. The van der Waals surface area contributed by atoms with Gasteiger partial charge in [-0.2, -0.15) is 0 Å². The molecule has 2 heterocycles. The van der Waals surface area contributed by atoms with E-state index in [1.54, 1.807) is 0 Å². The van der Waals surface area contributed by atoms with Crippen molar-refractivity contribution >= 4 is 0 Å². The largest absolute Gasteiger partial charge is 0.228 e. The topological polar surface area (TPSA) is 64.5 Å². The lowest BCUT2D eigenvalue weighted by molar-refractivity contribution is 0.660. The van der Waals surface area contributed by atoms with Crippen LogP contribution in [0.5, 0.6) is 0 Å². The molecule has 2 aromatic heterocycles. The summed E-state index contributed by atoms with van der Waals surface area (Å²) in [7, 11) is 0. The molecule has 0 radical (unpaired) electrons. The highest BCUT2D eigenvalue weighted by molar-refractivity contribution is 5.85. The summed E-state index contributed by atoms with van der Waals surface area (Å²) in [6.45, 7) is 4.60. The van der Waals surface area contributed by atoms with Gasteiger partial charge in [0.1, 0.15) is 0 Å². The van der Waals surface area contributed by atoms with Crippen molar-refractivity contribution < 1.29 is 0 Å². The Morgan fingerprint density at radius 2 is 0.594 bits per heavy atom. The molecule has 0 aliphatic heterocycles. The van der Waals surface area contributed by atoms with Crippen LogP contribution in [0.4, 0.5) is 0 Å². The summed E-state index contributed by atoms with van der Waals surface area (Å²) in [6.07, 6.45) is 0. The summed E-state index contributed by atoms with van der Waals surface area (Å²) in [5.74, 6) is 2.54. The van der Waals surface area contributed by atoms with Crippen molar-refractivity contribution in [3.05, 3.63) is 248 Å². The third kappa shape index (κ3) is 8.00. The second-order valence-electron chi connectivity index (χ2n) is 18.1. The van der Waals surface area contributed by atoms with Gasteiger partial charge in [0, 0.05) is 38.8 Å². The van der Waals surface area contributed by atoms with Gasteiger partial charge in [-0.3, -0.25) is 0 Å². The molecule has 0 amide bonds. The maximum atomic E-state index is 5.25. The van der Waals surface area contributed by atoms with Crippen molar-refractivity contribution in [3.63, 3.8) is 0 Å². The van der Waals surface area contributed by atoms with E-state index in [-0.39, 0.29) is 5.41 Å². The first-order valence-electron chi connectivity index (χ1n) is 23.4. The lowest BCUT2D eigenvalue weighted by Gasteiger charge is -2.21. The molecule has 5 heteroatoms. The van der Waals surface area contributed by atoms with E-state index in [1.165, 1.54) is 33.4 Å². The molecule has 0 saturated carbocycles. The van der Waals surface area contributed by atoms with Crippen LogP contribution in [-0.4, -0.2) is 24.9 Å². The number of hydrogen-bond donors (Lipinski definition) is 0. The summed E-state index contributed by atoms with van der Waals surface area (Å²) in [4.78, 5) is 25.9. The molecule has 0 saturated heterocycles. The normalized spacial score (nSPS) is 12.3. The monoisotopic (exact) mass is 883 g/mol. The first kappa shape index (κ1) is 41.5. The highest BCUT2D eigenvalue weighted by Crippen LogP contribution is 2.49. The van der Waals surface area contributed by atoms with E-state index >= 15 is 0 Å². The fourth-order valence-electron chi connectivity index (χ4n) is 9.68. The molecule has 69 heavy (non-hydrogen) atoms. The van der Waals surface area contributed by atoms with Gasteiger partial charge in [-0.25, -0.2) is 24.9 Å². The molecule has 0 unspecified atom stereocenters. The highest BCUT2D eigenvalue weighted by Gasteiger charge is 2.35. The predicted octanol–water partition coefficient (Wildman–Crippen LogP) is 16.0. The van der Waals surface area contributed by atoms with Crippen LogP contribution in [-0.2, 0) is 5.41 Å². The molecule has 0 atom stereocenters. The van der Waals surface area contributed by atoms with Crippen LogP contribution in [0.15, 0.2) is 237 Å². The molecule has 0 N–H and O–H groups in total. The van der Waals surface area contributed by atoms with Crippen molar-refractivity contribution in [1.29, 1.82) is 0 Å². The first-order chi connectivity index (χ1) is 33.9. The molecule has 11 aromatic rings. The molecule has 1 aliphatic rings. The first-order valence-corrected chi connectivity index (χ1v) is 23.4. The SMILES string of the molecule is CC1(C)c2ccccc2-c2cc(-c3nc(-c4ccccc4)nc(-c4cccc(-c5cccc(-c6cc(-c7ccc(-c8ccccc8)cc7)nc(-c7ccc(-c8ccccc8)cc7)n6)c5)c4)n3)ccc21. The van der Waals surface area contributed by atoms with Crippen LogP contribution in [0.25, 0.3) is 113 Å². The lowest BCUT2D eigenvalue weighted by Crippen LogP contribution is -2.14. The second kappa shape index (κ2) is 17.4. The quantitative estimate of drug-likeness (QED) is 0.144. The van der Waals surface area contributed by atoms with Gasteiger partial charge in [-0.05, 0) is 79.9 Å². The number of benzene rings is 9. The van der Waals surface area contributed by atoms with Crippen molar-refractivity contribution in [2.45, 2.75) is 19.3 Å². The van der Waals surface area contributed by atoms with Crippen LogP contribution in [0.1, 0.15) is 25.0 Å². The van der Waals surface area contributed by atoms with Crippen molar-refractivity contribution in [2.75, 3.05) is 0 Å². The Morgan fingerprint density at radius 3 is 1.20 bits per heavy atom. The maximum Gasteiger partial charge on any atom is 0.164 e. The Hall–Kier alpha value is -8.93. The van der Waals surface area contributed by atoms with E-state index in [9.17, 15) is 0 Å². The van der Waals surface area contributed by atoms with Gasteiger partial charge < -0.3 is 0 Å². The van der Waals surface area contributed by atoms with Crippen LogP contribution in [0.3, 0.4) is 0 Å². The zero-order chi connectivity index (χ0) is 46.3. The van der Waals surface area contributed by atoms with Gasteiger partial charge in [-0.15, -0.1) is 0 Å². The molecule has 0 bridgehead atoms. The van der Waals surface area contributed by atoms with Gasteiger partial charge in [-0.1, -0.05) is 226 Å². The second-order valence-corrected chi connectivity index (χ2v) is 18.1. The van der Waals surface area contributed by atoms with Gasteiger partial charge in [0.2, 0.25) is 0 Å². The smallest absolute Gasteiger partial charge is 0.164 e. The van der Waals surface area contributed by atoms with E-state index in [1.807, 2.05) is 30.3 Å². The number of fused-ring (bicyclic) bond motifs is 3. The van der Waals surface area contributed by atoms with Gasteiger partial charge in [0.25, 0.3) is 0 Å². The fraction of sp³-hybridized carbons (Fsp3) is 0.0469. The number of hydrogen-bond acceptors (Lipinski definition) is 5. The van der Waals surface area contributed by atoms with E-state index in [0.717, 1.165) is 67.0 Å². The minimum atomic E-state index is -0.0934. The molecule has 5 nitrogen and oxygen atoms in total. The Bertz CT molecular complexity index is 3560. The van der Waals surface area contributed by atoms with Crippen molar-refractivity contribution in [2.24, 2.45) is 0 Å². The number of aromatic nitrogens is 5. The molecule has 12 rings (SSSR count). The Labute approximate surface area is 402 Å². The van der Waals surface area contributed by atoms with Crippen molar-refractivity contribution in [1.82, 2.24) is 24.9 Å². The van der Waals surface area contributed by atoms with Crippen LogP contribution >= 0.6 is 0 Å². The molecular weight excluding hydrogens is 839 g/mol. The summed E-state index contributed by atoms with van der Waals surface area (Å²) >= 11 is 0. The molecule has 1 aliphatic carbocycles. The van der Waals surface area contributed by atoms with Crippen molar-refractivity contribution in [3.8, 4) is 113 Å². The van der Waals surface area contributed by atoms with Crippen LogP contribution < -0.4 is 0 Å². The zero-order valence-electron chi connectivity index (χ0n) is 38.3. The molecule has 0 spiro atoms. The number of nitrogens with zero attached hydrogens (tertiary/aromatic N) is 5. The summed E-state index contributed by atoms with van der Waals surface area (Å²) in [5.41, 5.74) is 19.2. The van der Waals surface area contributed by atoms with Crippen LogP contribution in [0, 0.1) is 0 Å². The summed E-state index contributed by atoms with van der Waals surface area (Å²) in [5, 5.41) is 0. The predicted molar refractivity (Wildman–Crippen MR) is 282 cm³/mol. The minimum Gasteiger partial charge on any atom is -0.228 e. The Balaban J connectivity index is 0.926. The molecule has 326 valence electrons. The average molecular weight is 884 g/mol. The van der Waals surface area contributed by atoms with E-state index in [0.29, 0.717) is 23.3 Å².